The van der Waals surface area contributed by atoms with Crippen molar-refractivity contribution in [1.82, 2.24) is 9.55 Å². The molecule has 0 bridgehead atoms. The first-order chi connectivity index (χ1) is 9.08. The molecule has 1 aliphatic carbocycles. The van der Waals surface area contributed by atoms with E-state index in [9.17, 15) is 0 Å². The molecule has 3 rings (SSSR count). The number of imidazole rings is 1. The van der Waals surface area contributed by atoms with E-state index >= 15 is 0 Å². The topological polar surface area (TPSA) is 17.8 Å². The highest BCUT2D eigenvalue weighted by molar-refractivity contribution is 6.31. The van der Waals surface area contributed by atoms with Gasteiger partial charge in [-0.1, -0.05) is 24.9 Å². The third kappa shape index (κ3) is 2.25. The molecule has 3 unspecified atom stereocenters. The van der Waals surface area contributed by atoms with Crippen LogP contribution in [0.25, 0.3) is 11.0 Å². The summed E-state index contributed by atoms with van der Waals surface area (Å²) in [5.41, 5.74) is 2.11. The largest absolute Gasteiger partial charge is 0.323 e. The summed E-state index contributed by atoms with van der Waals surface area (Å²) in [6.07, 6.45) is 3.79. The number of fused-ring (bicyclic) bond motifs is 1. The Kier molecular flexibility index (Phi) is 3.48. The summed E-state index contributed by atoms with van der Waals surface area (Å²) in [5.74, 6) is 1.65. The Morgan fingerprint density at radius 3 is 2.79 bits per heavy atom. The van der Waals surface area contributed by atoms with E-state index < -0.39 is 0 Å². The van der Waals surface area contributed by atoms with E-state index in [4.69, 9.17) is 28.2 Å². The van der Waals surface area contributed by atoms with Gasteiger partial charge in [-0.05, 0) is 43.9 Å². The molecule has 1 aromatic heterocycles. The van der Waals surface area contributed by atoms with Crippen LogP contribution >= 0.6 is 23.2 Å². The predicted molar refractivity (Wildman–Crippen MR) is 81.1 cm³/mol. The number of nitrogens with zero attached hydrogens (tertiary/aromatic N) is 2. The first-order valence-corrected chi connectivity index (χ1v) is 7.71. The fraction of sp³-hybridized carbons (Fsp3) is 0.533. The van der Waals surface area contributed by atoms with E-state index in [0.717, 1.165) is 21.9 Å². The lowest BCUT2D eigenvalue weighted by atomic mass is 10.1. The van der Waals surface area contributed by atoms with Gasteiger partial charge in [0, 0.05) is 11.1 Å². The van der Waals surface area contributed by atoms with Crippen molar-refractivity contribution < 1.29 is 0 Å². The van der Waals surface area contributed by atoms with Crippen LogP contribution in [0.4, 0.5) is 0 Å². The fourth-order valence-electron chi connectivity index (χ4n) is 3.23. The summed E-state index contributed by atoms with van der Waals surface area (Å²) in [6, 6.07) is 6.45. The van der Waals surface area contributed by atoms with Crippen LogP contribution in [0.15, 0.2) is 18.2 Å². The Morgan fingerprint density at radius 1 is 1.37 bits per heavy atom. The lowest BCUT2D eigenvalue weighted by Crippen LogP contribution is -2.15. The van der Waals surface area contributed by atoms with Crippen LogP contribution in [0.5, 0.6) is 0 Å². The number of aromatic nitrogens is 2. The molecular weight excluding hydrogens is 279 g/mol. The molecule has 0 aliphatic heterocycles. The SMILES string of the molecule is CC(Cl)c1nc2cc(Cl)ccc2n1C1CCCC1C. The Bertz CT molecular complexity index is 603. The molecule has 1 fully saturated rings. The zero-order valence-corrected chi connectivity index (χ0v) is 12.7. The molecule has 0 N–H and O–H groups in total. The summed E-state index contributed by atoms with van der Waals surface area (Å²) in [4.78, 5) is 4.70. The first kappa shape index (κ1) is 13.3. The quantitative estimate of drug-likeness (QED) is 0.683. The van der Waals surface area contributed by atoms with Crippen LogP contribution in [-0.2, 0) is 0 Å². The molecule has 2 aromatic rings. The Hall–Kier alpha value is -0.730. The van der Waals surface area contributed by atoms with Crippen LogP contribution in [0.3, 0.4) is 0 Å². The highest BCUT2D eigenvalue weighted by Crippen LogP contribution is 2.40. The monoisotopic (exact) mass is 296 g/mol. The van der Waals surface area contributed by atoms with Crippen molar-refractivity contribution in [2.75, 3.05) is 0 Å². The summed E-state index contributed by atoms with van der Waals surface area (Å²) < 4.78 is 2.35. The lowest BCUT2D eigenvalue weighted by molar-refractivity contribution is 0.405. The van der Waals surface area contributed by atoms with Gasteiger partial charge in [0.05, 0.1) is 16.4 Å². The summed E-state index contributed by atoms with van der Waals surface area (Å²) in [5, 5.41) is 0.643. The molecule has 0 saturated heterocycles. The summed E-state index contributed by atoms with van der Waals surface area (Å²) in [6.45, 7) is 4.31. The van der Waals surface area contributed by atoms with Gasteiger partial charge in [0.1, 0.15) is 5.82 Å². The molecule has 0 amide bonds. The number of hydrogen-bond donors (Lipinski definition) is 0. The van der Waals surface area contributed by atoms with Crippen molar-refractivity contribution in [3.63, 3.8) is 0 Å². The van der Waals surface area contributed by atoms with E-state index in [1.54, 1.807) is 0 Å². The van der Waals surface area contributed by atoms with E-state index in [2.05, 4.69) is 17.6 Å². The molecule has 4 heteroatoms. The normalized spacial score (nSPS) is 25.1. The standard InChI is InChI=1S/C15H18Cl2N2/c1-9-4-3-5-13(9)19-14-7-6-11(17)8-12(14)18-15(19)10(2)16/h6-10,13H,3-5H2,1-2H3. The molecule has 1 aliphatic rings. The van der Waals surface area contributed by atoms with Crippen molar-refractivity contribution in [2.24, 2.45) is 5.92 Å². The van der Waals surface area contributed by atoms with Gasteiger partial charge in [0.15, 0.2) is 0 Å². The van der Waals surface area contributed by atoms with E-state index in [1.165, 1.54) is 19.3 Å². The fourth-order valence-corrected chi connectivity index (χ4v) is 3.55. The number of alkyl halides is 1. The molecule has 1 heterocycles. The van der Waals surface area contributed by atoms with Crippen molar-refractivity contribution in [3.05, 3.63) is 29.0 Å². The second-order valence-electron chi connectivity index (χ2n) is 5.56. The lowest BCUT2D eigenvalue weighted by Gasteiger charge is -2.21. The smallest absolute Gasteiger partial charge is 0.127 e. The zero-order valence-electron chi connectivity index (χ0n) is 11.2. The average molecular weight is 297 g/mol. The van der Waals surface area contributed by atoms with Crippen LogP contribution < -0.4 is 0 Å². The van der Waals surface area contributed by atoms with E-state index in [-0.39, 0.29) is 5.38 Å². The number of benzene rings is 1. The van der Waals surface area contributed by atoms with Crippen LogP contribution in [0.1, 0.15) is 50.4 Å². The van der Waals surface area contributed by atoms with Gasteiger partial charge in [0.2, 0.25) is 0 Å². The molecule has 1 saturated carbocycles. The molecule has 3 atom stereocenters. The zero-order chi connectivity index (χ0) is 13.6. The van der Waals surface area contributed by atoms with Crippen molar-refractivity contribution >= 4 is 34.2 Å². The molecular formula is C15H18Cl2N2. The highest BCUT2D eigenvalue weighted by atomic mass is 35.5. The van der Waals surface area contributed by atoms with Gasteiger partial charge in [-0.3, -0.25) is 0 Å². The minimum atomic E-state index is -0.0843. The summed E-state index contributed by atoms with van der Waals surface area (Å²) in [7, 11) is 0. The first-order valence-electron chi connectivity index (χ1n) is 6.89. The Morgan fingerprint density at radius 2 is 2.16 bits per heavy atom. The predicted octanol–water partition coefficient (Wildman–Crippen LogP) is 5.35. The van der Waals surface area contributed by atoms with Crippen molar-refractivity contribution in [1.29, 1.82) is 0 Å². The maximum atomic E-state index is 6.33. The third-order valence-electron chi connectivity index (χ3n) is 4.18. The number of halogens is 2. The van der Waals surface area contributed by atoms with Crippen LogP contribution in [-0.4, -0.2) is 9.55 Å². The molecule has 1 aromatic carbocycles. The third-order valence-corrected chi connectivity index (χ3v) is 4.61. The van der Waals surface area contributed by atoms with E-state index in [0.29, 0.717) is 12.0 Å². The number of rotatable bonds is 2. The van der Waals surface area contributed by atoms with Crippen LogP contribution in [0.2, 0.25) is 5.02 Å². The maximum absolute atomic E-state index is 6.33. The Balaban J connectivity index is 2.22. The molecule has 19 heavy (non-hydrogen) atoms. The van der Waals surface area contributed by atoms with Gasteiger partial charge in [0.25, 0.3) is 0 Å². The average Bonchev–Trinajstić information content (AvgIpc) is 2.91. The summed E-state index contributed by atoms with van der Waals surface area (Å²) >= 11 is 12.4. The molecule has 102 valence electrons. The molecule has 2 nitrogen and oxygen atoms in total. The maximum Gasteiger partial charge on any atom is 0.127 e. The van der Waals surface area contributed by atoms with Crippen LogP contribution in [0, 0.1) is 5.92 Å². The second kappa shape index (κ2) is 4.99. The minimum Gasteiger partial charge on any atom is -0.323 e. The van der Waals surface area contributed by atoms with Gasteiger partial charge >= 0.3 is 0 Å². The molecule has 0 spiro atoms. The number of hydrogen-bond acceptors (Lipinski definition) is 1. The molecule has 0 radical (unpaired) electrons. The minimum absolute atomic E-state index is 0.0843. The van der Waals surface area contributed by atoms with Crippen molar-refractivity contribution in [3.8, 4) is 0 Å². The van der Waals surface area contributed by atoms with Crippen molar-refractivity contribution in [2.45, 2.75) is 44.5 Å². The Labute approximate surface area is 123 Å². The second-order valence-corrected chi connectivity index (χ2v) is 6.66. The van der Waals surface area contributed by atoms with Gasteiger partial charge in [-0.15, -0.1) is 11.6 Å². The highest BCUT2D eigenvalue weighted by Gasteiger charge is 2.29. The van der Waals surface area contributed by atoms with Gasteiger partial charge in [-0.2, -0.15) is 0 Å². The van der Waals surface area contributed by atoms with Gasteiger partial charge in [-0.25, -0.2) is 4.98 Å². The van der Waals surface area contributed by atoms with E-state index in [1.807, 2.05) is 19.1 Å². The van der Waals surface area contributed by atoms with Gasteiger partial charge < -0.3 is 4.57 Å².